The molecule has 2 aromatic carbocycles. The standard InChI is InChI=1S/C14H15O2P/c1-14(17,10-6-2-4-8-12(10)15)11-7-3-5-9-13(11)16/h2-9,15-16H,17H2,1H3. The Hall–Kier alpha value is -1.53. The second-order valence-electron chi connectivity index (χ2n) is 4.24. The lowest BCUT2D eigenvalue weighted by molar-refractivity contribution is 0.452. The van der Waals surface area contributed by atoms with Crippen molar-refractivity contribution in [2.24, 2.45) is 0 Å². The van der Waals surface area contributed by atoms with Crippen molar-refractivity contribution in [3.8, 4) is 11.5 Å². The molecule has 0 heterocycles. The zero-order valence-electron chi connectivity index (χ0n) is 9.59. The van der Waals surface area contributed by atoms with Gasteiger partial charge < -0.3 is 10.2 Å². The van der Waals surface area contributed by atoms with E-state index in [1.54, 1.807) is 24.3 Å². The third-order valence-electron chi connectivity index (χ3n) is 2.93. The van der Waals surface area contributed by atoms with Crippen molar-refractivity contribution in [3.63, 3.8) is 0 Å². The molecule has 0 spiro atoms. The summed E-state index contributed by atoms with van der Waals surface area (Å²) in [4.78, 5) is 0. The molecule has 0 amide bonds. The highest BCUT2D eigenvalue weighted by atomic mass is 31.0. The summed E-state index contributed by atoms with van der Waals surface area (Å²) in [5, 5.41) is 19.3. The van der Waals surface area contributed by atoms with Gasteiger partial charge in [-0.25, -0.2) is 0 Å². The van der Waals surface area contributed by atoms with E-state index in [0.29, 0.717) is 0 Å². The van der Waals surface area contributed by atoms with Crippen molar-refractivity contribution < 1.29 is 10.2 Å². The summed E-state index contributed by atoms with van der Waals surface area (Å²) in [6, 6.07) is 14.3. The van der Waals surface area contributed by atoms with Crippen LogP contribution in [0.5, 0.6) is 11.5 Å². The minimum Gasteiger partial charge on any atom is -0.508 e. The number of hydrogen-bond acceptors (Lipinski definition) is 2. The van der Waals surface area contributed by atoms with Crippen molar-refractivity contribution in [1.29, 1.82) is 0 Å². The smallest absolute Gasteiger partial charge is 0.120 e. The maximum atomic E-state index is 9.90. The molecule has 1 atom stereocenters. The minimum absolute atomic E-state index is 0.230. The van der Waals surface area contributed by atoms with Crippen LogP contribution in [0.3, 0.4) is 0 Å². The molecule has 2 N–H and O–H groups in total. The van der Waals surface area contributed by atoms with Gasteiger partial charge in [-0.2, -0.15) is 0 Å². The van der Waals surface area contributed by atoms with E-state index in [-0.39, 0.29) is 11.5 Å². The van der Waals surface area contributed by atoms with Gasteiger partial charge in [-0.1, -0.05) is 36.4 Å². The molecule has 3 heteroatoms. The van der Waals surface area contributed by atoms with E-state index in [2.05, 4.69) is 9.24 Å². The molecule has 2 rings (SSSR count). The Labute approximate surface area is 103 Å². The highest BCUT2D eigenvalue weighted by molar-refractivity contribution is 7.19. The first-order valence-corrected chi connectivity index (χ1v) is 5.97. The number of benzene rings is 2. The molecule has 0 aromatic heterocycles. The molecule has 0 aliphatic rings. The van der Waals surface area contributed by atoms with Gasteiger partial charge in [0.2, 0.25) is 0 Å². The molecule has 2 aromatic rings. The Morgan fingerprint density at radius 3 is 1.53 bits per heavy atom. The first-order chi connectivity index (χ1) is 8.03. The van der Waals surface area contributed by atoms with E-state index in [0.717, 1.165) is 11.1 Å². The Bertz CT molecular complexity index is 488. The highest BCUT2D eigenvalue weighted by Crippen LogP contribution is 2.45. The van der Waals surface area contributed by atoms with E-state index in [9.17, 15) is 10.2 Å². The molecule has 0 fully saturated rings. The molecule has 0 aliphatic carbocycles. The van der Waals surface area contributed by atoms with Crippen LogP contribution in [-0.4, -0.2) is 10.2 Å². The summed E-state index contributed by atoms with van der Waals surface area (Å²) in [5.41, 5.74) is 1.54. The first kappa shape index (κ1) is 11.9. The van der Waals surface area contributed by atoms with Gasteiger partial charge in [0.15, 0.2) is 0 Å². The van der Waals surface area contributed by atoms with E-state index in [4.69, 9.17) is 0 Å². The quantitative estimate of drug-likeness (QED) is 0.798. The molecular formula is C14H15O2P. The summed E-state index contributed by atoms with van der Waals surface area (Å²) >= 11 is 0. The molecule has 17 heavy (non-hydrogen) atoms. The monoisotopic (exact) mass is 246 g/mol. The molecule has 0 bridgehead atoms. The van der Waals surface area contributed by atoms with Crippen LogP contribution in [0.15, 0.2) is 48.5 Å². The molecule has 0 saturated carbocycles. The lowest BCUT2D eigenvalue weighted by Crippen LogP contribution is -2.15. The fourth-order valence-corrected chi connectivity index (χ4v) is 2.46. The zero-order chi connectivity index (χ0) is 12.5. The predicted molar refractivity (Wildman–Crippen MR) is 72.4 cm³/mol. The van der Waals surface area contributed by atoms with Crippen molar-refractivity contribution in [3.05, 3.63) is 59.7 Å². The van der Waals surface area contributed by atoms with Crippen LogP contribution in [0, 0.1) is 0 Å². The minimum atomic E-state index is -0.517. The van der Waals surface area contributed by atoms with Gasteiger partial charge in [0, 0.05) is 16.3 Å². The summed E-state index contributed by atoms with van der Waals surface area (Å²) in [6.07, 6.45) is 0. The lowest BCUT2D eigenvalue weighted by Gasteiger charge is -2.27. The van der Waals surface area contributed by atoms with Crippen molar-refractivity contribution in [1.82, 2.24) is 0 Å². The Balaban J connectivity index is 2.58. The number of phenolic OH excluding ortho intramolecular Hbond substituents is 2. The Morgan fingerprint density at radius 2 is 1.18 bits per heavy atom. The highest BCUT2D eigenvalue weighted by Gasteiger charge is 2.28. The van der Waals surface area contributed by atoms with Crippen LogP contribution in [0.25, 0.3) is 0 Å². The zero-order valence-corrected chi connectivity index (χ0v) is 10.7. The number of phenols is 2. The van der Waals surface area contributed by atoms with Crippen LogP contribution in [0.4, 0.5) is 0 Å². The predicted octanol–water partition coefficient (Wildman–Crippen LogP) is 3.24. The molecule has 2 nitrogen and oxygen atoms in total. The molecule has 1 unspecified atom stereocenters. The SMILES string of the molecule is CC(P)(c1ccccc1O)c1ccccc1O. The summed E-state index contributed by atoms with van der Waals surface area (Å²) in [7, 11) is 2.69. The molecule has 88 valence electrons. The topological polar surface area (TPSA) is 40.5 Å². The second-order valence-corrected chi connectivity index (χ2v) is 5.39. The van der Waals surface area contributed by atoms with Crippen molar-refractivity contribution in [2.45, 2.75) is 12.1 Å². The van der Waals surface area contributed by atoms with E-state index in [1.807, 2.05) is 31.2 Å². The maximum Gasteiger partial charge on any atom is 0.120 e. The Kier molecular flexibility index (Phi) is 3.08. The van der Waals surface area contributed by atoms with E-state index in [1.165, 1.54) is 0 Å². The molecule has 0 saturated heterocycles. The molecular weight excluding hydrogens is 231 g/mol. The number of hydrogen-bond donors (Lipinski definition) is 2. The average Bonchev–Trinajstić information content (AvgIpc) is 2.29. The third-order valence-corrected chi connectivity index (χ3v) is 3.55. The van der Waals surface area contributed by atoms with Crippen LogP contribution in [0.2, 0.25) is 0 Å². The van der Waals surface area contributed by atoms with Gasteiger partial charge in [0.25, 0.3) is 0 Å². The van der Waals surface area contributed by atoms with Crippen LogP contribution in [0.1, 0.15) is 18.1 Å². The van der Waals surface area contributed by atoms with Crippen LogP contribution < -0.4 is 0 Å². The fraction of sp³-hybridized carbons (Fsp3) is 0.143. The lowest BCUT2D eigenvalue weighted by atomic mass is 9.90. The summed E-state index contributed by atoms with van der Waals surface area (Å²) < 4.78 is 0. The van der Waals surface area contributed by atoms with Gasteiger partial charge in [0.1, 0.15) is 11.5 Å². The first-order valence-electron chi connectivity index (χ1n) is 5.39. The van der Waals surface area contributed by atoms with Crippen LogP contribution >= 0.6 is 9.24 Å². The van der Waals surface area contributed by atoms with Gasteiger partial charge in [0.05, 0.1) is 0 Å². The number of aromatic hydroxyl groups is 2. The second kappa shape index (κ2) is 4.38. The largest absolute Gasteiger partial charge is 0.508 e. The van der Waals surface area contributed by atoms with Gasteiger partial charge in [-0.3, -0.25) is 0 Å². The van der Waals surface area contributed by atoms with Gasteiger partial charge in [-0.15, -0.1) is 9.24 Å². The third kappa shape index (κ3) is 2.13. The Morgan fingerprint density at radius 1 is 0.824 bits per heavy atom. The number of rotatable bonds is 2. The van der Waals surface area contributed by atoms with Gasteiger partial charge in [-0.05, 0) is 19.1 Å². The molecule has 0 aliphatic heterocycles. The summed E-state index contributed by atoms with van der Waals surface area (Å²) in [6.45, 7) is 1.95. The number of para-hydroxylation sites is 2. The van der Waals surface area contributed by atoms with Crippen molar-refractivity contribution >= 4 is 9.24 Å². The normalized spacial score (nSPS) is 11.4. The average molecular weight is 246 g/mol. The maximum absolute atomic E-state index is 9.90. The fourth-order valence-electron chi connectivity index (χ4n) is 1.97. The van der Waals surface area contributed by atoms with Crippen LogP contribution in [-0.2, 0) is 5.16 Å². The molecule has 0 radical (unpaired) electrons. The van der Waals surface area contributed by atoms with E-state index >= 15 is 0 Å². The van der Waals surface area contributed by atoms with Crippen molar-refractivity contribution in [2.75, 3.05) is 0 Å². The van der Waals surface area contributed by atoms with Gasteiger partial charge >= 0.3 is 0 Å². The van der Waals surface area contributed by atoms with E-state index < -0.39 is 5.16 Å². The summed E-state index contributed by atoms with van der Waals surface area (Å²) in [5.74, 6) is 0.460.